The molecule has 2 saturated heterocycles. The Kier molecular flexibility index (Phi) is 4.59. The van der Waals surface area contributed by atoms with E-state index in [4.69, 9.17) is 4.74 Å². The third-order valence-electron chi connectivity index (χ3n) is 7.04. The van der Waals surface area contributed by atoms with Crippen LogP contribution in [0.5, 0.6) is 0 Å². The Bertz CT molecular complexity index is 1100. The molecule has 1 atom stereocenters. The molecule has 8 heteroatoms. The van der Waals surface area contributed by atoms with E-state index >= 15 is 8.78 Å². The first-order valence-corrected chi connectivity index (χ1v) is 11.3. The van der Waals surface area contributed by atoms with Crippen molar-refractivity contribution >= 4 is 22.9 Å². The number of fused-ring (bicyclic) bond motifs is 3. The second kappa shape index (κ2) is 6.93. The predicted molar refractivity (Wildman–Crippen MR) is 116 cm³/mol. The lowest BCUT2D eigenvalue weighted by molar-refractivity contribution is -0.0786. The van der Waals surface area contributed by atoms with Gasteiger partial charge in [0.15, 0.2) is 0 Å². The molecule has 172 valence electrons. The summed E-state index contributed by atoms with van der Waals surface area (Å²) in [6.45, 7) is 5.52. The number of hydrogen-bond acceptors (Lipinski definition) is 3. The molecule has 0 bridgehead atoms. The largest absolute Gasteiger partial charge is 0.444 e. The van der Waals surface area contributed by atoms with Crippen LogP contribution in [0.3, 0.4) is 0 Å². The number of hydrogen-bond donors (Lipinski definition) is 0. The number of benzene rings is 1. The third kappa shape index (κ3) is 3.18. The minimum atomic E-state index is -3.07. The minimum Gasteiger partial charge on any atom is -0.444 e. The van der Waals surface area contributed by atoms with Crippen LogP contribution in [-0.4, -0.2) is 64.1 Å². The molecule has 2 amide bonds. The Balaban J connectivity index is 1.42. The molecule has 1 unspecified atom stereocenters. The molecule has 4 heterocycles. The average Bonchev–Trinajstić information content (AvgIpc) is 3.44. The van der Waals surface area contributed by atoms with Crippen molar-refractivity contribution in [2.24, 2.45) is 5.41 Å². The van der Waals surface area contributed by atoms with Crippen molar-refractivity contribution in [1.82, 2.24) is 14.4 Å². The standard InChI is InChI=1S/C24H29F2N3O3/c1-22(2,3)32-21(31)27-12-10-23(13-27)14-28(15-24(23,25)26)20(30)19-16-7-4-5-8-17(16)29-11-6-9-18(19)29/h4-5,7-8H,6,9-15H2,1-3H3. The van der Waals surface area contributed by atoms with Gasteiger partial charge in [-0.25, -0.2) is 13.6 Å². The molecule has 0 saturated carbocycles. The molecule has 1 spiro atoms. The summed E-state index contributed by atoms with van der Waals surface area (Å²) < 4.78 is 38.2. The van der Waals surface area contributed by atoms with E-state index in [1.807, 2.05) is 24.3 Å². The molecule has 3 aliphatic heterocycles. The van der Waals surface area contributed by atoms with Gasteiger partial charge >= 0.3 is 6.09 Å². The number of aromatic nitrogens is 1. The highest BCUT2D eigenvalue weighted by Crippen LogP contribution is 2.50. The summed E-state index contributed by atoms with van der Waals surface area (Å²) in [5.41, 5.74) is 0.374. The zero-order valence-corrected chi connectivity index (χ0v) is 18.8. The molecule has 2 aromatic rings. The predicted octanol–water partition coefficient (Wildman–Crippen LogP) is 4.31. The van der Waals surface area contributed by atoms with E-state index in [-0.39, 0.29) is 32.0 Å². The van der Waals surface area contributed by atoms with E-state index in [0.717, 1.165) is 36.0 Å². The molecule has 0 N–H and O–H groups in total. The van der Waals surface area contributed by atoms with E-state index in [9.17, 15) is 9.59 Å². The van der Waals surface area contributed by atoms with Crippen LogP contribution in [0.25, 0.3) is 10.9 Å². The first-order chi connectivity index (χ1) is 15.0. The summed E-state index contributed by atoms with van der Waals surface area (Å²) in [6.07, 6.45) is 1.30. The highest BCUT2D eigenvalue weighted by Gasteiger charge is 2.64. The number of aryl methyl sites for hydroxylation is 1. The number of rotatable bonds is 1. The second-order valence-corrected chi connectivity index (χ2v) is 10.4. The van der Waals surface area contributed by atoms with Crippen molar-refractivity contribution in [3.8, 4) is 0 Å². The van der Waals surface area contributed by atoms with Crippen molar-refractivity contribution in [1.29, 1.82) is 0 Å². The lowest BCUT2D eigenvalue weighted by Gasteiger charge is -2.30. The van der Waals surface area contributed by atoms with Crippen LogP contribution in [-0.2, 0) is 17.7 Å². The van der Waals surface area contributed by atoms with E-state index in [1.54, 1.807) is 20.8 Å². The van der Waals surface area contributed by atoms with E-state index < -0.39 is 29.6 Å². The quantitative estimate of drug-likeness (QED) is 0.658. The molecule has 5 rings (SSSR count). The Morgan fingerprint density at radius 1 is 1.03 bits per heavy atom. The first-order valence-electron chi connectivity index (χ1n) is 11.3. The van der Waals surface area contributed by atoms with Gasteiger partial charge in [-0.2, -0.15) is 0 Å². The summed E-state index contributed by atoms with van der Waals surface area (Å²) in [6, 6.07) is 7.70. The monoisotopic (exact) mass is 445 g/mol. The Morgan fingerprint density at radius 2 is 1.75 bits per heavy atom. The van der Waals surface area contributed by atoms with Crippen LogP contribution in [0.1, 0.15) is 49.7 Å². The lowest BCUT2D eigenvalue weighted by Crippen LogP contribution is -2.44. The van der Waals surface area contributed by atoms with Crippen LogP contribution in [0.2, 0.25) is 0 Å². The number of ether oxygens (including phenoxy) is 1. The third-order valence-corrected chi connectivity index (χ3v) is 7.04. The summed E-state index contributed by atoms with van der Waals surface area (Å²) >= 11 is 0. The van der Waals surface area contributed by atoms with Gasteiger partial charge in [0.1, 0.15) is 5.60 Å². The van der Waals surface area contributed by atoms with Gasteiger partial charge in [0.2, 0.25) is 0 Å². The molecule has 1 aromatic heterocycles. The zero-order valence-electron chi connectivity index (χ0n) is 18.8. The SMILES string of the molecule is CC(C)(C)OC(=O)N1CCC2(C1)CN(C(=O)c1c3n(c4ccccc14)CCC3)CC2(F)F. The van der Waals surface area contributed by atoms with E-state index in [0.29, 0.717) is 5.56 Å². The number of nitrogens with zero attached hydrogens (tertiary/aromatic N) is 3. The van der Waals surface area contributed by atoms with E-state index in [1.165, 1.54) is 9.80 Å². The molecule has 3 aliphatic rings. The molecule has 6 nitrogen and oxygen atoms in total. The lowest BCUT2D eigenvalue weighted by atomic mass is 9.83. The summed E-state index contributed by atoms with van der Waals surface area (Å²) in [5, 5.41) is 0.832. The maximum atomic E-state index is 15.3. The number of amides is 2. The molecular weight excluding hydrogens is 416 g/mol. The maximum Gasteiger partial charge on any atom is 0.410 e. The number of halogens is 2. The summed E-state index contributed by atoms with van der Waals surface area (Å²) in [4.78, 5) is 28.7. The normalized spacial score (nSPS) is 24.5. The van der Waals surface area contributed by atoms with Crippen LogP contribution in [0, 0.1) is 5.41 Å². The van der Waals surface area contributed by atoms with Gasteiger partial charge in [-0.05, 0) is 46.1 Å². The molecule has 0 radical (unpaired) electrons. The Morgan fingerprint density at radius 3 is 2.50 bits per heavy atom. The van der Waals surface area contributed by atoms with E-state index in [2.05, 4.69) is 4.57 Å². The van der Waals surface area contributed by atoms with Gasteiger partial charge in [0.05, 0.1) is 17.5 Å². The second-order valence-electron chi connectivity index (χ2n) is 10.4. The fraction of sp³-hybridized carbons (Fsp3) is 0.583. The van der Waals surface area contributed by atoms with Crippen molar-refractivity contribution in [3.63, 3.8) is 0 Å². The molecule has 1 aromatic carbocycles. The topological polar surface area (TPSA) is 54.8 Å². The number of carbonyl (C=O) groups is 2. The van der Waals surface area contributed by atoms with Gasteiger partial charge in [0, 0.05) is 42.8 Å². The highest BCUT2D eigenvalue weighted by atomic mass is 19.3. The van der Waals surface area contributed by atoms with Crippen molar-refractivity contribution in [2.45, 2.75) is 58.1 Å². The Hall–Kier alpha value is -2.64. The zero-order chi connectivity index (χ0) is 22.9. The minimum absolute atomic E-state index is 0.0585. The number of carbonyl (C=O) groups excluding carboxylic acids is 2. The van der Waals surface area contributed by atoms with Gasteiger partial charge in [-0.15, -0.1) is 0 Å². The van der Waals surface area contributed by atoms with Gasteiger partial charge in [0.25, 0.3) is 11.8 Å². The van der Waals surface area contributed by atoms with Gasteiger partial charge in [-0.1, -0.05) is 18.2 Å². The first kappa shape index (κ1) is 21.2. The number of alkyl halides is 2. The van der Waals surface area contributed by atoms with Crippen LogP contribution >= 0.6 is 0 Å². The van der Waals surface area contributed by atoms with Crippen molar-refractivity contribution < 1.29 is 23.1 Å². The molecule has 0 aliphatic carbocycles. The molecular formula is C24H29F2N3O3. The fourth-order valence-electron chi connectivity index (χ4n) is 5.54. The maximum absolute atomic E-state index is 15.3. The molecule has 2 fully saturated rings. The van der Waals surface area contributed by atoms with Gasteiger partial charge in [-0.3, -0.25) is 4.79 Å². The van der Waals surface area contributed by atoms with Crippen LogP contribution in [0.15, 0.2) is 24.3 Å². The van der Waals surface area contributed by atoms with Gasteiger partial charge < -0.3 is 19.1 Å². The van der Waals surface area contributed by atoms with Crippen LogP contribution in [0.4, 0.5) is 13.6 Å². The van der Waals surface area contributed by atoms with Crippen molar-refractivity contribution in [3.05, 3.63) is 35.5 Å². The summed E-state index contributed by atoms with van der Waals surface area (Å²) in [5.74, 6) is -3.40. The Labute approximate surface area is 186 Å². The fourth-order valence-corrected chi connectivity index (χ4v) is 5.54. The summed E-state index contributed by atoms with van der Waals surface area (Å²) in [7, 11) is 0. The smallest absolute Gasteiger partial charge is 0.410 e. The molecule has 32 heavy (non-hydrogen) atoms. The van der Waals surface area contributed by atoms with Crippen LogP contribution < -0.4 is 0 Å². The van der Waals surface area contributed by atoms with Crippen molar-refractivity contribution in [2.75, 3.05) is 26.2 Å². The highest BCUT2D eigenvalue weighted by molar-refractivity contribution is 6.08. The number of likely N-dealkylation sites (tertiary alicyclic amines) is 2. The average molecular weight is 446 g/mol. The number of para-hydroxylation sites is 1.